The fraction of sp³-hybridized carbons (Fsp3) is 0.250. The standard InChI is InChI=1S/C12H12FN3O2/c13-9-5-2-1-4-8(9)12(18)16-10(11(15)17)6-3-7-14/h1-2,4-5,10H,3,6H2,(H2,15,17)(H,16,18)/t10-/m1/s1. The highest BCUT2D eigenvalue weighted by atomic mass is 19.1. The topological polar surface area (TPSA) is 96.0 Å². The summed E-state index contributed by atoms with van der Waals surface area (Å²) in [5.74, 6) is -2.16. The van der Waals surface area contributed by atoms with Crippen LogP contribution in [0.2, 0.25) is 0 Å². The number of nitrogens with two attached hydrogens (primary N) is 1. The molecule has 1 rings (SSSR count). The van der Waals surface area contributed by atoms with Gasteiger partial charge in [-0.3, -0.25) is 9.59 Å². The van der Waals surface area contributed by atoms with Crippen molar-refractivity contribution in [2.75, 3.05) is 0 Å². The predicted molar refractivity (Wildman–Crippen MR) is 61.7 cm³/mol. The maximum Gasteiger partial charge on any atom is 0.254 e. The molecule has 0 spiro atoms. The molecule has 0 aliphatic carbocycles. The molecule has 0 aromatic heterocycles. The van der Waals surface area contributed by atoms with Gasteiger partial charge in [0.2, 0.25) is 5.91 Å². The highest BCUT2D eigenvalue weighted by molar-refractivity contribution is 5.97. The van der Waals surface area contributed by atoms with Crippen molar-refractivity contribution in [2.45, 2.75) is 18.9 Å². The van der Waals surface area contributed by atoms with Crippen molar-refractivity contribution < 1.29 is 14.0 Å². The Balaban J connectivity index is 2.76. The summed E-state index contributed by atoms with van der Waals surface area (Å²) in [7, 11) is 0. The van der Waals surface area contributed by atoms with E-state index < -0.39 is 23.7 Å². The maximum atomic E-state index is 13.3. The molecule has 2 amide bonds. The van der Waals surface area contributed by atoms with E-state index in [4.69, 9.17) is 11.0 Å². The summed E-state index contributed by atoms with van der Waals surface area (Å²) < 4.78 is 13.3. The van der Waals surface area contributed by atoms with Crippen molar-refractivity contribution >= 4 is 11.8 Å². The van der Waals surface area contributed by atoms with Gasteiger partial charge in [0.15, 0.2) is 0 Å². The van der Waals surface area contributed by atoms with E-state index in [1.165, 1.54) is 18.2 Å². The molecular weight excluding hydrogens is 237 g/mol. The van der Waals surface area contributed by atoms with E-state index in [1.54, 1.807) is 0 Å². The summed E-state index contributed by atoms with van der Waals surface area (Å²) in [5.41, 5.74) is 4.92. The van der Waals surface area contributed by atoms with E-state index in [2.05, 4.69) is 5.32 Å². The summed E-state index contributed by atoms with van der Waals surface area (Å²) >= 11 is 0. The van der Waals surface area contributed by atoms with Gasteiger partial charge in [0.05, 0.1) is 11.6 Å². The Morgan fingerprint density at radius 3 is 2.67 bits per heavy atom. The minimum absolute atomic E-state index is 0.0746. The van der Waals surface area contributed by atoms with E-state index >= 15 is 0 Å². The molecule has 6 heteroatoms. The van der Waals surface area contributed by atoms with Gasteiger partial charge in [-0.05, 0) is 18.6 Å². The largest absolute Gasteiger partial charge is 0.368 e. The van der Waals surface area contributed by atoms with Crippen LogP contribution in [0.15, 0.2) is 24.3 Å². The predicted octanol–water partition coefficient (Wildman–Crippen LogP) is 0.713. The van der Waals surface area contributed by atoms with Crippen LogP contribution in [-0.4, -0.2) is 17.9 Å². The van der Waals surface area contributed by atoms with E-state index in [1.807, 2.05) is 6.07 Å². The Morgan fingerprint density at radius 1 is 1.44 bits per heavy atom. The molecule has 0 unspecified atom stereocenters. The Labute approximate surface area is 103 Å². The molecule has 0 saturated heterocycles. The Kier molecular flexibility index (Phi) is 4.81. The summed E-state index contributed by atoms with van der Waals surface area (Å²) in [6, 6.07) is 6.27. The molecule has 0 aliphatic heterocycles. The van der Waals surface area contributed by atoms with Gasteiger partial charge in [0.25, 0.3) is 5.91 Å². The third-order valence-electron chi connectivity index (χ3n) is 2.31. The van der Waals surface area contributed by atoms with Crippen molar-refractivity contribution in [1.29, 1.82) is 5.26 Å². The number of rotatable bonds is 5. The van der Waals surface area contributed by atoms with Crippen molar-refractivity contribution in [3.8, 4) is 6.07 Å². The van der Waals surface area contributed by atoms with E-state index in [0.29, 0.717) is 0 Å². The fourth-order valence-electron chi connectivity index (χ4n) is 1.38. The number of halogens is 1. The van der Waals surface area contributed by atoms with E-state index in [-0.39, 0.29) is 18.4 Å². The number of benzene rings is 1. The maximum absolute atomic E-state index is 13.3. The van der Waals surface area contributed by atoms with E-state index in [0.717, 1.165) is 6.07 Å². The Bertz CT molecular complexity index is 496. The molecule has 1 aromatic rings. The second-order valence-corrected chi connectivity index (χ2v) is 3.61. The molecule has 1 aromatic carbocycles. The smallest absolute Gasteiger partial charge is 0.254 e. The number of carbonyl (C=O) groups is 2. The summed E-state index contributed by atoms with van der Waals surface area (Å²) in [4.78, 5) is 22.8. The van der Waals surface area contributed by atoms with Crippen LogP contribution in [0.5, 0.6) is 0 Å². The summed E-state index contributed by atoms with van der Waals surface area (Å²) in [5, 5.41) is 10.7. The Hall–Kier alpha value is -2.42. The summed E-state index contributed by atoms with van der Waals surface area (Å²) in [6.07, 6.45) is 0.178. The van der Waals surface area contributed by atoms with Gasteiger partial charge in [0.1, 0.15) is 11.9 Å². The lowest BCUT2D eigenvalue weighted by atomic mass is 10.1. The van der Waals surface area contributed by atoms with Crippen LogP contribution in [-0.2, 0) is 4.79 Å². The van der Waals surface area contributed by atoms with Crippen molar-refractivity contribution in [3.63, 3.8) is 0 Å². The normalized spacial score (nSPS) is 11.3. The molecule has 1 atom stereocenters. The van der Waals surface area contributed by atoms with Gasteiger partial charge in [-0.1, -0.05) is 12.1 Å². The number of amides is 2. The monoisotopic (exact) mass is 249 g/mol. The second-order valence-electron chi connectivity index (χ2n) is 3.61. The fourth-order valence-corrected chi connectivity index (χ4v) is 1.38. The number of carbonyl (C=O) groups excluding carboxylic acids is 2. The molecule has 0 saturated carbocycles. The molecule has 5 nitrogen and oxygen atoms in total. The van der Waals surface area contributed by atoms with Gasteiger partial charge in [-0.25, -0.2) is 4.39 Å². The third kappa shape index (κ3) is 3.56. The molecule has 0 radical (unpaired) electrons. The van der Waals surface area contributed by atoms with Gasteiger partial charge in [-0.2, -0.15) is 5.26 Å². The van der Waals surface area contributed by atoms with Crippen LogP contribution in [0, 0.1) is 17.1 Å². The van der Waals surface area contributed by atoms with Crippen molar-refractivity contribution in [1.82, 2.24) is 5.32 Å². The van der Waals surface area contributed by atoms with Crippen LogP contribution in [0.25, 0.3) is 0 Å². The van der Waals surface area contributed by atoms with Crippen LogP contribution < -0.4 is 11.1 Å². The average molecular weight is 249 g/mol. The highest BCUT2D eigenvalue weighted by Gasteiger charge is 2.20. The number of hydrogen-bond acceptors (Lipinski definition) is 3. The van der Waals surface area contributed by atoms with Gasteiger partial charge in [0, 0.05) is 6.42 Å². The third-order valence-corrected chi connectivity index (χ3v) is 2.31. The first-order chi connectivity index (χ1) is 8.56. The first kappa shape index (κ1) is 13.6. The molecular formula is C12H12FN3O2. The second kappa shape index (κ2) is 6.35. The number of nitriles is 1. The number of primary amides is 1. The average Bonchev–Trinajstić information content (AvgIpc) is 2.34. The quantitative estimate of drug-likeness (QED) is 0.804. The zero-order valence-corrected chi connectivity index (χ0v) is 9.52. The lowest BCUT2D eigenvalue weighted by Gasteiger charge is -2.14. The first-order valence-corrected chi connectivity index (χ1v) is 5.28. The van der Waals surface area contributed by atoms with Gasteiger partial charge >= 0.3 is 0 Å². The molecule has 3 N–H and O–H groups in total. The van der Waals surface area contributed by atoms with Gasteiger partial charge < -0.3 is 11.1 Å². The first-order valence-electron chi connectivity index (χ1n) is 5.28. The van der Waals surface area contributed by atoms with E-state index in [9.17, 15) is 14.0 Å². The molecule has 0 fully saturated rings. The number of nitrogens with zero attached hydrogens (tertiary/aromatic N) is 1. The van der Waals surface area contributed by atoms with Crippen molar-refractivity contribution in [2.24, 2.45) is 5.73 Å². The SMILES string of the molecule is N#CCC[C@@H](NC(=O)c1ccccc1F)C(N)=O. The molecule has 0 aliphatic rings. The molecule has 94 valence electrons. The lowest BCUT2D eigenvalue weighted by molar-refractivity contribution is -0.119. The zero-order valence-electron chi connectivity index (χ0n) is 9.52. The van der Waals surface area contributed by atoms with Crippen molar-refractivity contribution in [3.05, 3.63) is 35.6 Å². The minimum atomic E-state index is -0.975. The summed E-state index contributed by atoms with van der Waals surface area (Å²) in [6.45, 7) is 0. The number of nitrogens with one attached hydrogen (secondary N) is 1. The van der Waals surface area contributed by atoms with Crippen LogP contribution in [0.4, 0.5) is 4.39 Å². The Morgan fingerprint density at radius 2 is 2.11 bits per heavy atom. The number of hydrogen-bond donors (Lipinski definition) is 2. The van der Waals surface area contributed by atoms with Gasteiger partial charge in [-0.15, -0.1) is 0 Å². The highest BCUT2D eigenvalue weighted by Crippen LogP contribution is 2.07. The van der Waals surface area contributed by atoms with Crippen LogP contribution >= 0.6 is 0 Å². The molecule has 0 bridgehead atoms. The van der Waals surface area contributed by atoms with Crippen LogP contribution in [0.1, 0.15) is 23.2 Å². The zero-order chi connectivity index (χ0) is 13.5. The lowest BCUT2D eigenvalue weighted by Crippen LogP contribution is -2.44. The minimum Gasteiger partial charge on any atom is -0.368 e. The molecule has 0 heterocycles. The van der Waals surface area contributed by atoms with Crippen LogP contribution in [0.3, 0.4) is 0 Å². The molecule has 18 heavy (non-hydrogen) atoms.